The van der Waals surface area contributed by atoms with Crippen molar-refractivity contribution in [1.82, 2.24) is 9.88 Å². The highest BCUT2D eigenvalue weighted by molar-refractivity contribution is 7.22. The lowest BCUT2D eigenvalue weighted by Gasteiger charge is -2.21. The van der Waals surface area contributed by atoms with Crippen molar-refractivity contribution in [2.24, 2.45) is 0 Å². The van der Waals surface area contributed by atoms with Crippen LogP contribution in [0.5, 0.6) is 5.75 Å². The molecule has 1 amide bonds. The Bertz CT molecular complexity index is 831. The summed E-state index contributed by atoms with van der Waals surface area (Å²) in [6, 6.07) is 17.6. The van der Waals surface area contributed by atoms with Crippen LogP contribution in [0.15, 0.2) is 54.6 Å². The zero-order valence-electron chi connectivity index (χ0n) is 15.8. The van der Waals surface area contributed by atoms with E-state index in [1.807, 2.05) is 73.6 Å². The Morgan fingerprint density at radius 1 is 1.04 bits per heavy atom. The number of amides is 1. The molecule has 1 aromatic heterocycles. The number of rotatable bonds is 9. The van der Waals surface area contributed by atoms with Crippen LogP contribution in [0.3, 0.4) is 0 Å². The van der Waals surface area contributed by atoms with Gasteiger partial charge in [0, 0.05) is 6.54 Å². The Morgan fingerprint density at radius 2 is 1.78 bits per heavy atom. The van der Waals surface area contributed by atoms with Gasteiger partial charge >= 0.3 is 0 Å². The molecule has 0 fully saturated rings. The van der Waals surface area contributed by atoms with Gasteiger partial charge in [-0.1, -0.05) is 41.7 Å². The van der Waals surface area contributed by atoms with Crippen molar-refractivity contribution < 1.29 is 9.53 Å². The van der Waals surface area contributed by atoms with E-state index in [4.69, 9.17) is 4.74 Å². The average molecular weight is 384 g/mol. The van der Waals surface area contributed by atoms with Crippen LogP contribution in [0, 0.1) is 0 Å². The third-order valence-corrected chi connectivity index (χ3v) is 5.19. The molecule has 3 rings (SSSR count). The second-order valence-corrected chi connectivity index (χ2v) is 7.59. The van der Waals surface area contributed by atoms with Crippen LogP contribution < -0.4 is 9.64 Å². The van der Waals surface area contributed by atoms with Gasteiger partial charge in [0.15, 0.2) is 5.13 Å². The molecule has 0 radical (unpaired) electrons. The van der Waals surface area contributed by atoms with E-state index >= 15 is 0 Å². The molecule has 0 bridgehead atoms. The standard InChI is InChI=1S/C21H25N3O2S/c1-23(2)14-8-15-24(21-22-18-11-6-7-12-19(18)27-21)20(25)13-16-26-17-9-4-3-5-10-17/h3-7,9-12H,8,13-16H2,1-2H3. The number of carbonyl (C=O) groups is 1. The normalized spacial score (nSPS) is 11.1. The maximum Gasteiger partial charge on any atom is 0.232 e. The minimum atomic E-state index is 0.0451. The lowest BCUT2D eigenvalue weighted by Crippen LogP contribution is -2.34. The molecule has 0 saturated heterocycles. The Morgan fingerprint density at radius 3 is 2.52 bits per heavy atom. The largest absolute Gasteiger partial charge is 0.493 e. The topological polar surface area (TPSA) is 45.7 Å². The van der Waals surface area contributed by atoms with E-state index in [-0.39, 0.29) is 5.91 Å². The molecule has 0 saturated carbocycles. The van der Waals surface area contributed by atoms with Crippen LogP contribution >= 0.6 is 11.3 Å². The van der Waals surface area contributed by atoms with Crippen LogP contribution in [-0.4, -0.2) is 49.6 Å². The van der Waals surface area contributed by atoms with Crippen LogP contribution in [-0.2, 0) is 4.79 Å². The van der Waals surface area contributed by atoms with Gasteiger partial charge in [-0.15, -0.1) is 0 Å². The zero-order chi connectivity index (χ0) is 19.1. The van der Waals surface area contributed by atoms with E-state index in [0.29, 0.717) is 19.6 Å². The van der Waals surface area contributed by atoms with Crippen molar-refractivity contribution in [3.05, 3.63) is 54.6 Å². The first kappa shape index (κ1) is 19.3. The molecule has 0 spiro atoms. The highest BCUT2D eigenvalue weighted by Crippen LogP contribution is 2.29. The molecule has 0 atom stereocenters. The molecule has 0 aliphatic carbocycles. The van der Waals surface area contributed by atoms with E-state index in [0.717, 1.165) is 34.1 Å². The summed E-state index contributed by atoms with van der Waals surface area (Å²) in [7, 11) is 4.08. The Hall–Kier alpha value is -2.44. The molecular weight excluding hydrogens is 358 g/mol. The highest BCUT2D eigenvalue weighted by Gasteiger charge is 2.19. The molecule has 0 N–H and O–H groups in total. The predicted molar refractivity (Wildman–Crippen MR) is 112 cm³/mol. The fourth-order valence-corrected chi connectivity index (χ4v) is 3.76. The Kier molecular flexibility index (Phi) is 6.79. The number of ether oxygens (including phenoxy) is 1. The van der Waals surface area contributed by atoms with E-state index < -0.39 is 0 Å². The van der Waals surface area contributed by atoms with Gasteiger partial charge in [-0.3, -0.25) is 9.69 Å². The summed E-state index contributed by atoms with van der Waals surface area (Å²) in [4.78, 5) is 21.5. The number of hydrogen-bond acceptors (Lipinski definition) is 5. The predicted octanol–water partition coefficient (Wildman–Crippen LogP) is 4.05. The van der Waals surface area contributed by atoms with Gasteiger partial charge in [-0.25, -0.2) is 4.98 Å². The first-order chi connectivity index (χ1) is 13.1. The second-order valence-electron chi connectivity index (χ2n) is 6.58. The summed E-state index contributed by atoms with van der Waals surface area (Å²) in [6.45, 7) is 1.94. The van der Waals surface area contributed by atoms with Crippen molar-refractivity contribution in [3.8, 4) is 5.75 Å². The molecule has 2 aromatic carbocycles. The van der Waals surface area contributed by atoms with Gasteiger partial charge in [0.2, 0.25) is 5.91 Å². The monoisotopic (exact) mass is 383 g/mol. The minimum Gasteiger partial charge on any atom is -0.493 e. The molecule has 0 unspecified atom stereocenters. The third-order valence-electron chi connectivity index (χ3n) is 4.13. The van der Waals surface area contributed by atoms with Gasteiger partial charge in [-0.2, -0.15) is 0 Å². The minimum absolute atomic E-state index is 0.0451. The number of benzene rings is 2. The summed E-state index contributed by atoms with van der Waals surface area (Å²) >= 11 is 1.56. The number of fused-ring (bicyclic) bond motifs is 1. The van der Waals surface area contributed by atoms with Crippen molar-refractivity contribution in [1.29, 1.82) is 0 Å². The first-order valence-electron chi connectivity index (χ1n) is 9.12. The van der Waals surface area contributed by atoms with E-state index in [1.165, 1.54) is 0 Å². The van der Waals surface area contributed by atoms with Gasteiger partial charge in [-0.05, 0) is 51.3 Å². The van der Waals surface area contributed by atoms with Crippen molar-refractivity contribution in [3.63, 3.8) is 0 Å². The molecule has 1 heterocycles. The molecule has 0 aliphatic rings. The van der Waals surface area contributed by atoms with Crippen LogP contribution in [0.25, 0.3) is 10.2 Å². The van der Waals surface area contributed by atoms with Crippen molar-refractivity contribution in [2.45, 2.75) is 12.8 Å². The summed E-state index contributed by atoms with van der Waals surface area (Å²) in [5.41, 5.74) is 0.934. The number of para-hydroxylation sites is 2. The van der Waals surface area contributed by atoms with Gasteiger partial charge in [0.25, 0.3) is 0 Å². The summed E-state index contributed by atoms with van der Waals surface area (Å²) in [5, 5.41) is 0.764. The van der Waals surface area contributed by atoms with E-state index in [2.05, 4.69) is 9.88 Å². The maximum absolute atomic E-state index is 12.9. The van der Waals surface area contributed by atoms with Gasteiger partial charge < -0.3 is 9.64 Å². The fraction of sp³-hybridized carbons (Fsp3) is 0.333. The molecule has 142 valence electrons. The van der Waals surface area contributed by atoms with Crippen molar-refractivity contribution in [2.75, 3.05) is 38.7 Å². The number of carbonyl (C=O) groups excluding carboxylic acids is 1. The molecule has 3 aromatic rings. The maximum atomic E-state index is 12.9. The smallest absolute Gasteiger partial charge is 0.232 e. The number of nitrogens with zero attached hydrogens (tertiary/aromatic N) is 3. The van der Waals surface area contributed by atoms with Crippen molar-refractivity contribution >= 4 is 32.6 Å². The lowest BCUT2D eigenvalue weighted by atomic mass is 10.3. The zero-order valence-corrected chi connectivity index (χ0v) is 16.6. The number of aromatic nitrogens is 1. The number of hydrogen-bond donors (Lipinski definition) is 0. The highest BCUT2D eigenvalue weighted by atomic mass is 32.1. The van der Waals surface area contributed by atoms with Crippen LogP contribution in [0.4, 0.5) is 5.13 Å². The van der Waals surface area contributed by atoms with Crippen LogP contribution in [0.2, 0.25) is 0 Å². The third kappa shape index (κ3) is 5.52. The molecule has 0 aliphatic heterocycles. The lowest BCUT2D eigenvalue weighted by molar-refractivity contribution is -0.119. The summed E-state index contributed by atoms with van der Waals surface area (Å²) < 4.78 is 6.79. The molecule has 5 nitrogen and oxygen atoms in total. The quantitative estimate of drug-likeness (QED) is 0.559. The van der Waals surface area contributed by atoms with E-state index in [1.54, 1.807) is 11.3 Å². The summed E-state index contributed by atoms with van der Waals surface area (Å²) in [5.74, 6) is 0.827. The Balaban J connectivity index is 1.67. The number of thiazole rings is 1. The Labute approximate surface area is 164 Å². The molecular formula is C21H25N3O2S. The summed E-state index contributed by atoms with van der Waals surface area (Å²) in [6.07, 6.45) is 1.22. The molecule has 27 heavy (non-hydrogen) atoms. The fourth-order valence-electron chi connectivity index (χ4n) is 2.76. The second kappa shape index (κ2) is 9.48. The first-order valence-corrected chi connectivity index (χ1v) is 9.93. The average Bonchev–Trinajstić information content (AvgIpc) is 3.09. The van der Waals surface area contributed by atoms with E-state index in [9.17, 15) is 4.79 Å². The SMILES string of the molecule is CN(C)CCCN(C(=O)CCOc1ccccc1)c1nc2ccccc2s1. The van der Waals surface area contributed by atoms with Gasteiger partial charge in [0.1, 0.15) is 5.75 Å². The number of anilines is 1. The van der Waals surface area contributed by atoms with Gasteiger partial charge in [0.05, 0.1) is 23.2 Å². The molecule has 6 heteroatoms. The van der Waals surface area contributed by atoms with Crippen LogP contribution in [0.1, 0.15) is 12.8 Å².